The summed E-state index contributed by atoms with van der Waals surface area (Å²) in [6.07, 6.45) is 0. The summed E-state index contributed by atoms with van der Waals surface area (Å²) in [6, 6.07) is 28.7. The van der Waals surface area contributed by atoms with E-state index in [1.165, 1.54) is 11.3 Å². The number of rotatable bonds is 3. The van der Waals surface area contributed by atoms with Crippen molar-refractivity contribution in [3.05, 3.63) is 89.8 Å². The number of fused-ring (bicyclic) bond motifs is 1. The highest BCUT2D eigenvalue weighted by molar-refractivity contribution is 7.20. The highest BCUT2D eigenvalue weighted by Crippen LogP contribution is 2.26. The minimum Gasteiger partial charge on any atom is -0.321 e. The number of nitrogens with one attached hydrogen (secondary N) is 1. The van der Waals surface area contributed by atoms with Crippen molar-refractivity contribution in [3.8, 4) is 11.1 Å². The molecule has 115 valence electrons. The lowest BCUT2D eigenvalue weighted by Crippen LogP contribution is -2.09. The molecule has 1 aromatic heterocycles. The van der Waals surface area contributed by atoms with Gasteiger partial charge in [0.15, 0.2) is 0 Å². The van der Waals surface area contributed by atoms with Crippen LogP contribution in [0.2, 0.25) is 0 Å². The van der Waals surface area contributed by atoms with Gasteiger partial charge in [0.05, 0.1) is 4.88 Å². The fourth-order valence-corrected chi connectivity index (χ4v) is 3.57. The largest absolute Gasteiger partial charge is 0.321 e. The molecule has 0 fully saturated rings. The summed E-state index contributed by atoms with van der Waals surface area (Å²) in [5.74, 6) is -0.0711. The Hall–Kier alpha value is -2.91. The predicted octanol–water partition coefficient (Wildman–Crippen LogP) is 5.62. The molecule has 1 heterocycles. The minimum atomic E-state index is -0.0711. The lowest BCUT2D eigenvalue weighted by molar-refractivity contribution is 0.103. The first-order chi connectivity index (χ1) is 11.8. The monoisotopic (exact) mass is 328 g/mol. The molecule has 0 spiro atoms. The van der Waals surface area contributed by atoms with E-state index in [0.717, 1.165) is 31.8 Å². The number of hydrogen-bond donors (Lipinski definition) is 1. The van der Waals surface area contributed by atoms with Gasteiger partial charge in [-0.25, -0.2) is 0 Å². The summed E-state index contributed by atoms with van der Waals surface area (Å²) in [4.78, 5) is 13.2. The lowest BCUT2D eigenvalue weighted by atomic mass is 10.1. The van der Waals surface area contributed by atoms with E-state index in [1.54, 1.807) is 0 Å². The number of hydrogen-bond acceptors (Lipinski definition) is 2. The van der Waals surface area contributed by atoms with Crippen LogP contribution in [-0.2, 0) is 0 Å². The van der Waals surface area contributed by atoms with Crippen LogP contribution in [0.1, 0.15) is 9.67 Å². The quantitative estimate of drug-likeness (QED) is 0.519. The molecule has 0 aliphatic heterocycles. The second-order valence-corrected chi connectivity index (χ2v) is 6.55. The second kappa shape index (κ2) is 6.30. The van der Waals surface area contributed by atoms with Gasteiger partial charge in [-0.2, -0.15) is 0 Å². The van der Waals surface area contributed by atoms with Crippen LogP contribution in [0, 0.1) is 6.07 Å². The Morgan fingerprint density at radius 1 is 0.875 bits per heavy atom. The van der Waals surface area contributed by atoms with Crippen molar-refractivity contribution in [2.45, 2.75) is 0 Å². The van der Waals surface area contributed by atoms with E-state index in [0.29, 0.717) is 0 Å². The van der Waals surface area contributed by atoms with Crippen molar-refractivity contribution in [2.75, 3.05) is 5.32 Å². The Balaban J connectivity index is 1.53. The van der Waals surface area contributed by atoms with Crippen molar-refractivity contribution >= 4 is 33.0 Å². The van der Waals surface area contributed by atoms with Gasteiger partial charge in [0.1, 0.15) is 0 Å². The fraction of sp³-hybridized carbons (Fsp3) is 0. The summed E-state index contributed by atoms with van der Waals surface area (Å²) >= 11 is 1.51. The van der Waals surface area contributed by atoms with E-state index in [1.807, 2.05) is 78.9 Å². The molecule has 0 atom stereocenters. The topological polar surface area (TPSA) is 29.1 Å². The first kappa shape index (κ1) is 14.7. The molecule has 0 saturated heterocycles. The number of carbonyl (C=O) groups excluding carboxylic acids is 1. The zero-order chi connectivity index (χ0) is 16.4. The highest BCUT2D eigenvalue weighted by atomic mass is 32.1. The third-order valence-electron chi connectivity index (χ3n) is 3.84. The maximum atomic E-state index is 12.4. The molecule has 2 nitrogen and oxygen atoms in total. The van der Waals surface area contributed by atoms with Gasteiger partial charge in [0, 0.05) is 10.4 Å². The van der Waals surface area contributed by atoms with Crippen LogP contribution in [0.4, 0.5) is 5.69 Å². The molecule has 1 radical (unpaired) electrons. The Labute approximate surface area is 144 Å². The van der Waals surface area contributed by atoms with Gasteiger partial charge in [-0.15, -0.1) is 11.3 Å². The Morgan fingerprint density at radius 2 is 1.58 bits per heavy atom. The zero-order valence-corrected chi connectivity index (χ0v) is 13.6. The van der Waals surface area contributed by atoms with Crippen LogP contribution in [0.15, 0.2) is 78.9 Å². The van der Waals surface area contributed by atoms with Gasteiger partial charge < -0.3 is 5.32 Å². The van der Waals surface area contributed by atoms with Gasteiger partial charge >= 0.3 is 0 Å². The molecule has 4 aromatic rings. The van der Waals surface area contributed by atoms with Crippen molar-refractivity contribution in [1.82, 2.24) is 0 Å². The van der Waals surface area contributed by atoms with Crippen LogP contribution in [0.5, 0.6) is 0 Å². The maximum absolute atomic E-state index is 12.4. The van der Waals surface area contributed by atoms with Gasteiger partial charge in [-0.1, -0.05) is 54.6 Å². The summed E-state index contributed by atoms with van der Waals surface area (Å²) in [6.45, 7) is 0. The third-order valence-corrected chi connectivity index (χ3v) is 4.96. The van der Waals surface area contributed by atoms with Gasteiger partial charge in [0.25, 0.3) is 5.91 Å². The first-order valence-electron chi connectivity index (χ1n) is 7.66. The molecule has 0 unspecified atom stereocenters. The van der Waals surface area contributed by atoms with Crippen LogP contribution in [0.25, 0.3) is 21.2 Å². The van der Waals surface area contributed by atoms with E-state index in [4.69, 9.17) is 0 Å². The van der Waals surface area contributed by atoms with Crippen LogP contribution >= 0.6 is 11.3 Å². The minimum absolute atomic E-state index is 0.0711. The Morgan fingerprint density at radius 3 is 2.33 bits per heavy atom. The standard InChI is InChI=1S/C21H14NOS/c23-21(20-14-17-8-4-5-9-19(17)24-20)22-18-12-10-16(11-13-18)15-6-2-1-3-7-15/h2-14H,(H,22,23). The molecule has 3 aromatic carbocycles. The second-order valence-electron chi connectivity index (χ2n) is 5.47. The molecule has 1 N–H and O–H groups in total. The normalized spacial score (nSPS) is 10.7. The van der Waals surface area contributed by atoms with E-state index < -0.39 is 0 Å². The Kier molecular flexibility index (Phi) is 3.85. The molecule has 0 bridgehead atoms. The van der Waals surface area contributed by atoms with Crippen molar-refractivity contribution < 1.29 is 4.79 Å². The van der Waals surface area contributed by atoms with E-state index >= 15 is 0 Å². The Bertz CT molecular complexity index is 954. The number of thiophene rings is 1. The van der Waals surface area contributed by atoms with Gasteiger partial charge in [-0.3, -0.25) is 4.79 Å². The van der Waals surface area contributed by atoms with Gasteiger partial charge in [0.2, 0.25) is 0 Å². The van der Waals surface area contributed by atoms with Crippen LogP contribution < -0.4 is 5.32 Å². The summed E-state index contributed by atoms with van der Waals surface area (Å²) in [5, 5.41) is 4.06. The third kappa shape index (κ3) is 2.94. The summed E-state index contributed by atoms with van der Waals surface area (Å²) in [7, 11) is 0. The molecular formula is C21H14NOS. The smallest absolute Gasteiger partial charge is 0.265 e. The van der Waals surface area contributed by atoms with E-state index in [9.17, 15) is 4.79 Å². The molecule has 0 aliphatic rings. The van der Waals surface area contributed by atoms with Crippen molar-refractivity contribution in [1.29, 1.82) is 0 Å². The SMILES string of the molecule is O=C(Nc1ccc(-c2cc[c]cc2)cc1)c1cc2ccccc2s1. The van der Waals surface area contributed by atoms with Gasteiger partial charge in [-0.05, 0) is 46.8 Å². The zero-order valence-electron chi connectivity index (χ0n) is 12.8. The number of carbonyl (C=O) groups is 1. The number of benzene rings is 3. The average molecular weight is 328 g/mol. The van der Waals surface area contributed by atoms with Crippen LogP contribution in [0.3, 0.4) is 0 Å². The first-order valence-corrected chi connectivity index (χ1v) is 8.48. The van der Waals surface area contributed by atoms with Crippen molar-refractivity contribution in [2.24, 2.45) is 0 Å². The van der Waals surface area contributed by atoms with E-state index in [2.05, 4.69) is 11.4 Å². The number of anilines is 1. The molecule has 4 rings (SSSR count). The maximum Gasteiger partial charge on any atom is 0.265 e. The lowest BCUT2D eigenvalue weighted by Gasteiger charge is -2.05. The highest BCUT2D eigenvalue weighted by Gasteiger charge is 2.10. The number of amides is 1. The molecule has 0 aliphatic carbocycles. The molecule has 24 heavy (non-hydrogen) atoms. The average Bonchev–Trinajstić information content (AvgIpc) is 3.07. The van der Waals surface area contributed by atoms with E-state index in [-0.39, 0.29) is 5.91 Å². The fourth-order valence-electron chi connectivity index (χ4n) is 2.61. The van der Waals surface area contributed by atoms with Crippen molar-refractivity contribution in [3.63, 3.8) is 0 Å². The summed E-state index contributed by atoms with van der Waals surface area (Å²) < 4.78 is 1.12. The summed E-state index contributed by atoms with van der Waals surface area (Å²) in [5.41, 5.74) is 3.05. The molecule has 3 heteroatoms. The molecular weight excluding hydrogens is 314 g/mol. The molecule has 1 amide bonds. The molecule has 0 saturated carbocycles. The van der Waals surface area contributed by atoms with Crippen LogP contribution in [-0.4, -0.2) is 5.91 Å². The predicted molar refractivity (Wildman–Crippen MR) is 100 cm³/mol.